The van der Waals surface area contributed by atoms with Gasteiger partial charge in [0.15, 0.2) is 5.01 Å². The summed E-state index contributed by atoms with van der Waals surface area (Å²) in [5, 5.41) is 0.210. The van der Waals surface area contributed by atoms with Crippen LogP contribution in [-0.2, 0) is 20.9 Å². The summed E-state index contributed by atoms with van der Waals surface area (Å²) in [6, 6.07) is 6.38. The zero-order valence-electron chi connectivity index (χ0n) is 15.9. The molecule has 4 rings (SSSR count). The van der Waals surface area contributed by atoms with Crippen LogP contribution in [0.25, 0.3) is 11.3 Å². The van der Waals surface area contributed by atoms with Gasteiger partial charge in [-0.3, -0.25) is 0 Å². The summed E-state index contributed by atoms with van der Waals surface area (Å²) in [6.45, 7) is 1.16. The molecular weight excluding hydrogens is 441 g/mol. The van der Waals surface area contributed by atoms with Gasteiger partial charge < -0.3 is 9.47 Å². The Morgan fingerprint density at radius 2 is 1.93 bits per heavy atom. The van der Waals surface area contributed by atoms with Crippen molar-refractivity contribution < 1.29 is 31.1 Å². The number of halogens is 3. The molecule has 11 heteroatoms. The Hall–Kier alpha value is -1.69. The van der Waals surface area contributed by atoms with Gasteiger partial charge in [0, 0.05) is 29.5 Å². The Balaban J connectivity index is 1.36. The lowest BCUT2D eigenvalue weighted by Crippen LogP contribution is -2.48. The molecule has 0 spiro atoms. The van der Waals surface area contributed by atoms with Crippen LogP contribution in [0.5, 0.6) is 5.75 Å². The molecule has 1 saturated heterocycles. The summed E-state index contributed by atoms with van der Waals surface area (Å²) >= 11 is 0.558. The van der Waals surface area contributed by atoms with E-state index in [1.165, 1.54) is 5.38 Å². The van der Waals surface area contributed by atoms with Crippen LogP contribution in [0, 0.1) is 5.92 Å². The lowest BCUT2D eigenvalue weighted by atomic mass is 9.98. The van der Waals surface area contributed by atoms with Crippen molar-refractivity contribution >= 4 is 21.4 Å². The highest BCUT2D eigenvalue weighted by atomic mass is 32.2. The molecule has 1 saturated carbocycles. The van der Waals surface area contributed by atoms with Crippen molar-refractivity contribution in [1.29, 1.82) is 0 Å². The summed E-state index contributed by atoms with van der Waals surface area (Å²) in [5.74, 6) is 0.416. The summed E-state index contributed by atoms with van der Waals surface area (Å²) < 4.78 is 76.7. The lowest BCUT2D eigenvalue weighted by Gasteiger charge is -2.31. The number of thiazole rings is 1. The lowest BCUT2D eigenvalue weighted by molar-refractivity contribution is -0.137. The maximum atomic E-state index is 12.7. The molecule has 30 heavy (non-hydrogen) atoms. The van der Waals surface area contributed by atoms with Crippen molar-refractivity contribution in [2.24, 2.45) is 5.92 Å². The number of alkyl halides is 3. The molecule has 0 radical (unpaired) electrons. The van der Waals surface area contributed by atoms with Gasteiger partial charge in [0.1, 0.15) is 5.75 Å². The van der Waals surface area contributed by atoms with E-state index in [2.05, 4.69) is 9.71 Å². The first kappa shape index (κ1) is 21.5. The Bertz CT molecular complexity index is 972. The molecule has 2 heterocycles. The molecule has 6 nitrogen and oxygen atoms in total. The van der Waals surface area contributed by atoms with Crippen LogP contribution >= 0.6 is 11.3 Å². The molecule has 1 aliphatic carbocycles. The second-order valence-corrected chi connectivity index (χ2v) is 10.3. The average molecular weight is 463 g/mol. The average Bonchev–Trinajstić information content (AvgIpc) is 3.44. The Kier molecular flexibility index (Phi) is 6.06. The van der Waals surface area contributed by atoms with Crippen molar-refractivity contribution in [2.75, 3.05) is 19.8 Å². The fourth-order valence-electron chi connectivity index (χ4n) is 3.26. The molecule has 0 bridgehead atoms. The highest BCUT2D eigenvalue weighted by Gasteiger charge is 2.39. The van der Waals surface area contributed by atoms with Crippen molar-refractivity contribution in [3.63, 3.8) is 0 Å². The third-order valence-electron chi connectivity index (χ3n) is 5.11. The highest BCUT2D eigenvalue weighted by Crippen LogP contribution is 2.34. The third kappa shape index (κ3) is 5.13. The maximum absolute atomic E-state index is 12.7. The molecule has 1 aromatic carbocycles. The Morgan fingerprint density at radius 1 is 1.20 bits per heavy atom. The van der Waals surface area contributed by atoms with E-state index >= 15 is 0 Å². The van der Waals surface area contributed by atoms with Crippen LogP contribution in [0.2, 0.25) is 0 Å². The Labute approximate surface area is 176 Å². The Morgan fingerprint density at radius 3 is 2.57 bits per heavy atom. The molecule has 1 N–H and O–H groups in total. The number of ether oxygens (including phenoxy) is 2. The second-order valence-electron chi connectivity index (χ2n) is 7.46. The first-order chi connectivity index (χ1) is 14.2. The van der Waals surface area contributed by atoms with Gasteiger partial charge in [-0.15, -0.1) is 11.3 Å². The smallest absolute Gasteiger partial charge is 0.443 e. The van der Waals surface area contributed by atoms with Crippen LogP contribution in [-0.4, -0.2) is 44.5 Å². The third-order valence-corrected chi connectivity index (χ3v) is 7.98. The van der Waals surface area contributed by atoms with Crippen molar-refractivity contribution in [1.82, 2.24) is 9.71 Å². The molecule has 2 atom stereocenters. The maximum Gasteiger partial charge on any atom is 0.443 e. The molecule has 0 amide bonds. The van der Waals surface area contributed by atoms with E-state index in [0.717, 1.165) is 0 Å². The minimum absolute atomic E-state index is 0.125. The second kappa shape index (κ2) is 8.45. The zero-order chi connectivity index (χ0) is 21.4. The normalized spacial score (nSPS) is 22.8. The SMILES string of the molecule is O=S(=O)(NC1CCOCC1COc1ccc(-c2csc(C(F)(F)F)n2)cc1)C1CC1. The topological polar surface area (TPSA) is 77.5 Å². The van der Waals surface area contributed by atoms with E-state index in [1.54, 1.807) is 24.3 Å². The van der Waals surface area contributed by atoms with Crippen molar-refractivity contribution in [3.05, 3.63) is 34.7 Å². The quantitative estimate of drug-likeness (QED) is 0.679. The molecule has 2 aromatic rings. The van der Waals surface area contributed by atoms with Crippen LogP contribution in [0.3, 0.4) is 0 Å². The fraction of sp³-hybridized carbons (Fsp3) is 0.526. The first-order valence-corrected chi connectivity index (χ1v) is 12.0. The summed E-state index contributed by atoms with van der Waals surface area (Å²) in [5.41, 5.74) is 0.819. The number of benzene rings is 1. The number of nitrogens with one attached hydrogen (secondary N) is 1. The molecule has 1 aliphatic heterocycles. The number of nitrogens with zero attached hydrogens (tertiary/aromatic N) is 1. The molecule has 2 fully saturated rings. The minimum Gasteiger partial charge on any atom is -0.493 e. The monoisotopic (exact) mass is 462 g/mol. The van der Waals surface area contributed by atoms with Gasteiger partial charge in [-0.25, -0.2) is 18.1 Å². The molecule has 164 valence electrons. The van der Waals surface area contributed by atoms with Crippen LogP contribution in [0.4, 0.5) is 13.2 Å². The van der Waals surface area contributed by atoms with Gasteiger partial charge in [0.05, 0.1) is 24.2 Å². The first-order valence-electron chi connectivity index (χ1n) is 9.57. The van der Waals surface area contributed by atoms with Crippen molar-refractivity contribution in [3.8, 4) is 17.0 Å². The van der Waals surface area contributed by atoms with E-state index in [1.807, 2.05) is 0 Å². The minimum atomic E-state index is -4.45. The number of rotatable bonds is 7. The molecular formula is C19H21F3N2O4S2. The fourth-order valence-corrected chi connectivity index (χ4v) is 5.64. The molecule has 2 unspecified atom stereocenters. The van der Waals surface area contributed by atoms with Gasteiger partial charge in [0.25, 0.3) is 0 Å². The van der Waals surface area contributed by atoms with Gasteiger partial charge in [0.2, 0.25) is 10.0 Å². The van der Waals surface area contributed by atoms with Gasteiger partial charge >= 0.3 is 6.18 Å². The largest absolute Gasteiger partial charge is 0.493 e. The van der Waals surface area contributed by atoms with Crippen LogP contribution in [0.15, 0.2) is 29.6 Å². The van der Waals surface area contributed by atoms with Gasteiger partial charge in [-0.05, 0) is 43.5 Å². The number of hydrogen-bond donors (Lipinski definition) is 1. The van der Waals surface area contributed by atoms with Crippen molar-refractivity contribution in [2.45, 2.75) is 36.7 Å². The van der Waals surface area contributed by atoms with Crippen LogP contribution < -0.4 is 9.46 Å². The highest BCUT2D eigenvalue weighted by molar-refractivity contribution is 7.90. The number of aromatic nitrogens is 1. The molecule has 2 aliphatic rings. The summed E-state index contributed by atoms with van der Waals surface area (Å²) in [7, 11) is -3.29. The number of hydrogen-bond acceptors (Lipinski definition) is 6. The predicted molar refractivity (Wildman–Crippen MR) is 106 cm³/mol. The van der Waals surface area contributed by atoms with E-state index in [9.17, 15) is 21.6 Å². The van der Waals surface area contributed by atoms with E-state index in [0.29, 0.717) is 55.1 Å². The van der Waals surface area contributed by atoms with E-state index < -0.39 is 21.2 Å². The molecule has 1 aromatic heterocycles. The zero-order valence-corrected chi connectivity index (χ0v) is 17.5. The standard InChI is InChI=1S/C19H21F3N2O4S2/c20-19(21,22)18-23-17(11-29-18)12-1-3-14(4-2-12)28-10-13-9-27-8-7-16(13)24-30(25,26)15-5-6-15/h1-4,11,13,15-16,24H,5-10H2. The van der Waals surface area contributed by atoms with E-state index in [-0.39, 0.29) is 29.5 Å². The van der Waals surface area contributed by atoms with Gasteiger partial charge in [-0.1, -0.05) is 0 Å². The number of sulfonamides is 1. The van der Waals surface area contributed by atoms with Gasteiger partial charge in [-0.2, -0.15) is 13.2 Å². The summed E-state index contributed by atoms with van der Waals surface area (Å²) in [6.07, 6.45) is -2.46. The summed E-state index contributed by atoms with van der Waals surface area (Å²) in [4.78, 5) is 3.64. The predicted octanol–water partition coefficient (Wildman–Crippen LogP) is 3.69. The van der Waals surface area contributed by atoms with E-state index in [4.69, 9.17) is 9.47 Å². The van der Waals surface area contributed by atoms with Crippen LogP contribution in [0.1, 0.15) is 24.3 Å².